The summed E-state index contributed by atoms with van der Waals surface area (Å²) in [5.74, 6) is -0.490. The Balaban J connectivity index is 1.47. The van der Waals surface area contributed by atoms with Gasteiger partial charge in [0.05, 0.1) is 16.7 Å². The van der Waals surface area contributed by atoms with Crippen LogP contribution in [0.1, 0.15) is 11.3 Å². The number of hydrogen-bond donors (Lipinski definition) is 0. The van der Waals surface area contributed by atoms with Crippen molar-refractivity contribution in [3.8, 4) is 0 Å². The van der Waals surface area contributed by atoms with Crippen molar-refractivity contribution < 1.29 is 9.53 Å². The number of para-hydroxylation sites is 2. The van der Waals surface area contributed by atoms with Crippen LogP contribution in [0.2, 0.25) is 0 Å². The second-order valence-corrected chi connectivity index (χ2v) is 7.58. The molecule has 0 N–H and O–H groups in total. The van der Waals surface area contributed by atoms with E-state index in [4.69, 9.17) is 4.74 Å². The molecule has 2 aromatic carbocycles. The Morgan fingerprint density at radius 2 is 1.59 bits per heavy atom. The van der Waals surface area contributed by atoms with Gasteiger partial charge in [-0.05, 0) is 42.8 Å². The van der Waals surface area contributed by atoms with Gasteiger partial charge in [0.2, 0.25) is 0 Å². The highest BCUT2D eigenvalue weighted by Crippen LogP contribution is 2.19. The zero-order valence-corrected chi connectivity index (χ0v) is 17.3. The highest BCUT2D eigenvalue weighted by molar-refractivity contribution is 5.94. The quantitative estimate of drug-likeness (QED) is 0.326. The standard InChI is InChI=1S/C25H19N3O4/c1-16-7-6-12-27-22(29)13-17(26-25(16)27)15-32-23(30)14-28-20-10-4-2-8-18(20)24(31)19-9-3-5-11-21(19)28/h2-13H,14-15H2,1H3. The van der Waals surface area contributed by atoms with Gasteiger partial charge in [0.1, 0.15) is 18.8 Å². The number of carbonyl (C=O) groups excluding carboxylic acids is 1. The molecule has 0 bridgehead atoms. The number of aryl methyl sites for hydroxylation is 1. The van der Waals surface area contributed by atoms with Crippen LogP contribution in [0.4, 0.5) is 0 Å². The van der Waals surface area contributed by atoms with Crippen LogP contribution < -0.4 is 11.0 Å². The van der Waals surface area contributed by atoms with Gasteiger partial charge in [-0.25, -0.2) is 4.98 Å². The summed E-state index contributed by atoms with van der Waals surface area (Å²) >= 11 is 0. The highest BCUT2D eigenvalue weighted by atomic mass is 16.5. The fourth-order valence-electron chi connectivity index (χ4n) is 3.96. The molecule has 0 saturated heterocycles. The Kier molecular flexibility index (Phi) is 4.78. The summed E-state index contributed by atoms with van der Waals surface area (Å²) in [7, 11) is 0. The minimum Gasteiger partial charge on any atom is -0.458 e. The van der Waals surface area contributed by atoms with E-state index in [0.29, 0.717) is 33.1 Å². The molecule has 0 aliphatic rings. The Labute approximate surface area is 182 Å². The molecule has 0 aliphatic heterocycles. The summed E-state index contributed by atoms with van der Waals surface area (Å²) in [6.07, 6.45) is 1.65. The number of carbonyl (C=O) groups is 1. The topological polar surface area (TPSA) is 82.7 Å². The van der Waals surface area contributed by atoms with E-state index in [1.165, 1.54) is 10.5 Å². The Bertz CT molecular complexity index is 1570. The summed E-state index contributed by atoms with van der Waals surface area (Å²) in [4.78, 5) is 42.4. The van der Waals surface area contributed by atoms with Crippen LogP contribution in [-0.2, 0) is 22.7 Å². The Hall–Kier alpha value is -4.26. The minimum atomic E-state index is -0.490. The van der Waals surface area contributed by atoms with Gasteiger partial charge < -0.3 is 9.30 Å². The van der Waals surface area contributed by atoms with Gasteiger partial charge in [-0.15, -0.1) is 0 Å². The molecule has 0 spiro atoms. The molecule has 158 valence electrons. The van der Waals surface area contributed by atoms with Crippen LogP contribution in [0, 0.1) is 6.92 Å². The molecule has 0 fully saturated rings. The molecule has 3 aromatic heterocycles. The maximum Gasteiger partial charge on any atom is 0.326 e. The van der Waals surface area contributed by atoms with Gasteiger partial charge in [0.25, 0.3) is 5.56 Å². The first kappa shape index (κ1) is 19.7. The largest absolute Gasteiger partial charge is 0.458 e. The lowest BCUT2D eigenvalue weighted by Crippen LogP contribution is -2.20. The number of aromatic nitrogens is 3. The van der Waals surface area contributed by atoms with E-state index < -0.39 is 5.97 Å². The number of benzene rings is 2. The molecule has 5 rings (SSSR count). The summed E-state index contributed by atoms with van der Waals surface area (Å²) in [6, 6.07) is 19.4. The van der Waals surface area contributed by atoms with Gasteiger partial charge in [0.15, 0.2) is 5.43 Å². The van der Waals surface area contributed by atoms with Gasteiger partial charge in [-0.2, -0.15) is 0 Å². The summed E-state index contributed by atoms with van der Waals surface area (Å²) in [5.41, 5.74) is 2.77. The van der Waals surface area contributed by atoms with Crippen molar-refractivity contribution in [2.45, 2.75) is 20.1 Å². The van der Waals surface area contributed by atoms with Crippen LogP contribution >= 0.6 is 0 Å². The third-order valence-corrected chi connectivity index (χ3v) is 5.49. The van der Waals surface area contributed by atoms with Crippen LogP contribution in [0.3, 0.4) is 0 Å². The van der Waals surface area contributed by atoms with E-state index in [1.54, 1.807) is 41.1 Å². The fourth-order valence-corrected chi connectivity index (χ4v) is 3.96. The number of ether oxygens (including phenoxy) is 1. The summed E-state index contributed by atoms with van der Waals surface area (Å²) < 4.78 is 8.69. The van der Waals surface area contributed by atoms with Gasteiger partial charge in [-0.3, -0.25) is 18.8 Å². The van der Waals surface area contributed by atoms with Gasteiger partial charge >= 0.3 is 5.97 Å². The molecule has 0 radical (unpaired) electrons. The first-order valence-electron chi connectivity index (χ1n) is 10.2. The minimum absolute atomic E-state index is 0.0722. The van der Waals surface area contributed by atoms with E-state index >= 15 is 0 Å². The highest BCUT2D eigenvalue weighted by Gasteiger charge is 2.14. The van der Waals surface area contributed by atoms with Crippen molar-refractivity contribution in [3.63, 3.8) is 0 Å². The number of rotatable bonds is 4. The molecule has 0 saturated carbocycles. The Morgan fingerprint density at radius 1 is 0.938 bits per heavy atom. The zero-order valence-electron chi connectivity index (χ0n) is 17.3. The van der Waals surface area contributed by atoms with Gasteiger partial charge in [0, 0.05) is 23.0 Å². The van der Waals surface area contributed by atoms with Crippen LogP contribution in [-0.4, -0.2) is 19.9 Å². The molecule has 7 heteroatoms. The van der Waals surface area contributed by atoms with Crippen molar-refractivity contribution in [3.05, 3.63) is 105 Å². The molecule has 5 aromatic rings. The average Bonchev–Trinajstić information content (AvgIpc) is 2.81. The lowest BCUT2D eigenvalue weighted by Gasteiger charge is -2.14. The van der Waals surface area contributed by atoms with Crippen molar-refractivity contribution in [1.82, 2.24) is 14.0 Å². The normalized spacial score (nSPS) is 11.3. The first-order valence-corrected chi connectivity index (χ1v) is 10.2. The second-order valence-electron chi connectivity index (χ2n) is 7.58. The van der Waals surface area contributed by atoms with Crippen molar-refractivity contribution in [2.24, 2.45) is 0 Å². The maximum atomic E-state index is 12.8. The molecular weight excluding hydrogens is 406 g/mol. The average molecular weight is 425 g/mol. The number of nitrogens with zero attached hydrogens (tertiary/aromatic N) is 3. The van der Waals surface area contributed by atoms with Gasteiger partial charge in [-0.1, -0.05) is 30.3 Å². The molecule has 32 heavy (non-hydrogen) atoms. The van der Waals surface area contributed by atoms with E-state index in [0.717, 1.165) is 5.56 Å². The van der Waals surface area contributed by atoms with E-state index in [1.807, 2.05) is 37.3 Å². The van der Waals surface area contributed by atoms with Crippen molar-refractivity contribution in [1.29, 1.82) is 0 Å². The van der Waals surface area contributed by atoms with Crippen LogP contribution in [0.15, 0.2) is 82.5 Å². The second kappa shape index (κ2) is 7.77. The summed E-state index contributed by atoms with van der Waals surface area (Å²) in [5, 5.41) is 1.08. The molecule has 0 atom stereocenters. The predicted molar refractivity (Wildman–Crippen MR) is 122 cm³/mol. The maximum absolute atomic E-state index is 12.8. The lowest BCUT2D eigenvalue weighted by atomic mass is 10.1. The fraction of sp³-hybridized carbons (Fsp3) is 0.120. The monoisotopic (exact) mass is 425 g/mol. The third-order valence-electron chi connectivity index (χ3n) is 5.49. The third kappa shape index (κ3) is 3.33. The van der Waals surface area contributed by atoms with E-state index in [9.17, 15) is 14.4 Å². The molecule has 0 unspecified atom stereocenters. The van der Waals surface area contributed by atoms with Crippen molar-refractivity contribution >= 4 is 33.4 Å². The molecule has 7 nitrogen and oxygen atoms in total. The van der Waals surface area contributed by atoms with E-state index in [-0.39, 0.29) is 24.1 Å². The van der Waals surface area contributed by atoms with E-state index in [2.05, 4.69) is 4.98 Å². The van der Waals surface area contributed by atoms with Crippen LogP contribution in [0.5, 0.6) is 0 Å². The molecule has 0 amide bonds. The number of esters is 1. The number of hydrogen-bond acceptors (Lipinski definition) is 5. The molecular formula is C25H19N3O4. The smallest absolute Gasteiger partial charge is 0.326 e. The Morgan fingerprint density at radius 3 is 2.28 bits per heavy atom. The summed E-state index contributed by atoms with van der Waals surface area (Å²) in [6.45, 7) is 1.67. The van der Waals surface area contributed by atoms with Crippen LogP contribution in [0.25, 0.3) is 27.5 Å². The number of fused-ring (bicyclic) bond motifs is 3. The lowest BCUT2D eigenvalue weighted by molar-refractivity contribution is -0.145. The molecule has 0 aliphatic carbocycles. The first-order chi connectivity index (χ1) is 15.5. The number of pyridine rings is 2. The zero-order chi connectivity index (χ0) is 22.2. The van der Waals surface area contributed by atoms with Crippen molar-refractivity contribution in [2.75, 3.05) is 0 Å². The molecule has 3 heterocycles. The SMILES string of the molecule is Cc1cccn2c(=O)cc(COC(=O)Cn3c4ccccc4c(=O)c4ccccc43)nc12. The predicted octanol–water partition coefficient (Wildman–Crippen LogP) is 3.21.